The Balaban J connectivity index is 1.41. The first kappa shape index (κ1) is 38.8. The summed E-state index contributed by atoms with van der Waals surface area (Å²) in [7, 11) is -3.81. The molecule has 1 unspecified atom stereocenters. The number of hydrogen-bond acceptors (Lipinski definition) is 8. The topological polar surface area (TPSA) is 110 Å². The van der Waals surface area contributed by atoms with Crippen LogP contribution in [0.25, 0.3) is 28.0 Å². The third kappa shape index (κ3) is 8.59. The number of benzene rings is 1. The summed E-state index contributed by atoms with van der Waals surface area (Å²) in [5, 5.41) is 5.99. The van der Waals surface area contributed by atoms with E-state index in [0.717, 1.165) is 52.2 Å². The van der Waals surface area contributed by atoms with E-state index in [1.807, 2.05) is 56.0 Å². The molecule has 0 radical (unpaired) electrons. The fraction of sp³-hybridized carbons (Fsp3) is 0.579. The first-order valence-corrected chi connectivity index (χ1v) is 24.8. The second-order valence-electron chi connectivity index (χ2n) is 17.9. The van der Waals surface area contributed by atoms with Crippen molar-refractivity contribution in [2.45, 2.75) is 135 Å². The molecule has 50 heavy (non-hydrogen) atoms. The van der Waals surface area contributed by atoms with Crippen molar-refractivity contribution in [1.29, 1.82) is 0 Å². The Labute approximate surface area is 305 Å². The predicted molar refractivity (Wildman–Crippen MR) is 210 cm³/mol. The second-order valence-corrected chi connectivity index (χ2v) is 29.5. The molecule has 5 rings (SSSR count). The molecule has 12 heteroatoms. The first-order chi connectivity index (χ1) is 23.1. The Kier molecular flexibility index (Phi) is 11.0. The zero-order chi connectivity index (χ0) is 36.9. The van der Waals surface area contributed by atoms with Crippen molar-refractivity contribution in [2.75, 3.05) is 0 Å². The molecule has 4 aromatic rings. The van der Waals surface area contributed by atoms with E-state index < -0.39 is 32.7 Å². The van der Waals surface area contributed by atoms with Gasteiger partial charge in [-0.15, -0.1) is 4.72 Å². The van der Waals surface area contributed by atoms with Crippen LogP contribution in [0.5, 0.6) is 0 Å². The van der Waals surface area contributed by atoms with E-state index in [1.54, 1.807) is 6.20 Å². The molecule has 1 N–H and O–H groups in total. The Morgan fingerprint density at radius 1 is 0.900 bits per heavy atom. The Hall–Kier alpha value is -2.46. The minimum Gasteiger partial charge on any atom is -0.598 e. The molecule has 0 aliphatic heterocycles. The maximum atomic E-state index is 13.4. The van der Waals surface area contributed by atoms with Gasteiger partial charge >= 0.3 is 0 Å². The van der Waals surface area contributed by atoms with Gasteiger partial charge in [0, 0.05) is 28.4 Å². The number of nitrogens with one attached hydrogen (secondary N) is 1. The summed E-state index contributed by atoms with van der Waals surface area (Å²) >= 11 is -1.28. The molecular formula is C38H58N6O3SSi2. The predicted octanol–water partition coefficient (Wildman–Crippen LogP) is 9.29. The molecule has 3 heterocycles. The maximum absolute atomic E-state index is 13.4. The van der Waals surface area contributed by atoms with Crippen LogP contribution in [0.3, 0.4) is 0 Å². The van der Waals surface area contributed by atoms with Crippen LogP contribution >= 0.6 is 0 Å². The number of nitrogens with zero attached hydrogens (tertiary/aromatic N) is 5. The fourth-order valence-corrected chi connectivity index (χ4v) is 8.64. The van der Waals surface area contributed by atoms with E-state index in [1.165, 1.54) is 0 Å². The van der Waals surface area contributed by atoms with Gasteiger partial charge in [-0.3, -0.25) is 4.98 Å². The van der Waals surface area contributed by atoms with E-state index >= 15 is 0 Å². The number of rotatable bonds is 11. The smallest absolute Gasteiger partial charge is 0.192 e. The lowest BCUT2D eigenvalue weighted by molar-refractivity contribution is 0.0365. The SMILES string of the molecule is CC(C)(C)[S+]([O-])N[C@H](c1cncc(-c2ccc3cnn(-c4cccc(CO[Si](C)(C)C(C)(C)C)n4)c3c2)n1)C1CC(O[Si](C)(C)C(C)(C)C)C1. The molecule has 1 aliphatic carbocycles. The Morgan fingerprint density at radius 3 is 2.22 bits per heavy atom. The molecule has 1 aliphatic rings. The third-order valence-electron chi connectivity index (χ3n) is 10.9. The standard InChI is InChI=1S/C38H58N6O3SSi2/c1-36(2,3)48(45)43-35(28-19-30(20-28)47-50(12,13)38(7,8)9)32-24-39-23-31(42-32)26-17-18-27-22-40-44(33(27)21-26)34-16-14-15-29(41-34)25-46-49(10,11)37(4,5)6/h14-18,21-24,28,30,35,43H,19-20,25H2,1-13H3/t28?,30?,35-,48?/m0/s1. The van der Waals surface area contributed by atoms with Crippen LogP contribution in [0.15, 0.2) is 55.0 Å². The normalized spacial score (nSPS) is 19.0. The Bertz CT molecular complexity index is 1790. The number of hydrogen-bond donors (Lipinski definition) is 1. The zero-order valence-electron chi connectivity index (χ0n) is 32.4. The van der Waals surface area contributed by atoms with Gasteiger partial charge in [0.1, 0.15) is 4.75 Å². The van der Waals surface area contributed by atoms with Gasteiger partial charge in [0.2, 0.25) is 0 Å². The molecule has 3 aromatic heterocycles. The van der Waals surface area contributed by atoms with Gasteiger partial charge in [-0.2, -0.15) is 5.10 Å². The van der Waals surface area contributed by atoms with Crippen molar-refractivity contribution < 1.29 is 13.4 Å². The minimum absolute atomic E-state index is 0.124. The summed E-state index contributed by atoms with van der Waals surface area (Å²) in [5.41, 5.74) is 4.28. The fourth-order valence-electron chi connectivity index (χ4n) is 5.42. The van der Waals surface area contributed by atoms with Crippen LogP contribution in [0.4, 0.5) is 0 Å². The van der Waals surface area contributed by atoms with Crippen LogP contribution < -0.4 is 4.72 Å². The van der Waals surface area contributed by atoms with E-state index in [-0.39, 0.29) is 28.1 Å². The number of pyridine rings is 1. The summed E-state index contributed by atoms with van der Waals surface area (Å²) < 4.78 is 31.5. The van der Waals surface area contributed by atoms with Crippen LogP contribution in [0, 0.1) is 5.92 Å². The summed E-state index contributed by atoms with van der Waals surface area (Å²) in [5.74, 6) is 0.977. The largest absolute Gasteiger partial charge is 0.598 e. The monoisotopic (exact) mass is 734 g/mol. The molecular weight excluding hydrogens is 677 g/mol. The van der Waals surface area contributed by atoms with Gasteiger partial charge < -0.3 is 13.4 Å². The molecule has 0 spiro atoms. The molecule has 2 atom stereocenters. The highest BCUT2D eigenvalue weighted by Crippen LogP contribution is 2.45. The van der Waals surface area contributed by atoms with Crippen LogP contribution in [-0.4, -0.2) is 56.8 Å². The van der Waals surface area contributed by atoms with E-state index in [9.17, 15) is 4.55 Å². The van der Waals surface area contributed by atoms with Crippen LogP contribution in [0.2, 0.25) is 36.3 Å². The van der Waals surface area contributed by atoms with Gasteiger partial charge in [0.15, 0.2) is 22.5 Å². The van der Waals surface area contributed by atoms with Crippen molar-refractivity contribution in [1.82, 2.24) is 29.5 Å². The van der Waals surface area contributed by atoms with Crippen molar-refractivity contribution in [3.05, 3.63) is 66.4 Å². The van der Waals surface area contributed by atoms with E-state index in [0.29, 0.717) is 6.61 Å². The zero-order valence-corrected chi connectivity index (χ0v) is 35.2. The summed E-state index contributed by atoms with van der Waals surface area (Å²) in [6.45, 7) is 29.1. The average Bonchev–Trinajstić information content (AvgIpc) is 3.43. The highest BCUT2D eigenvalue weighted by Gasteiger charge is 2.46. The molecule has 0 saturated heterocycles. The minimum atomic E-state index is -1.92. The number of aromatic nitrogens is 5. The summed E-state index contributed by atoms with van der Waals surface area (Å²) in [6, 6.07) is 12.0. The van der Waals surface area contributed by atoms with Gasteiger partial charge in [-0.05, 0) is 94.0 Å². The lowest BCUT2D eigenvalue weighted by atomic mass is 9.76. The maximum Gasteiger partial charge on any atom is 0.192 e. The van der Waals surface area contributed by atoms with Gasteiger partial charge in [-0.1, -0.05) is 59.7 Å². The van der Waals surface area contributed by atoms with Crippen molar-refractivity contribution in [3.8, 4) is 17.1 Å². The van der Waals surface area contributed by atoms with E-state index in [4.69, 9.17) is 23.9 Å². The van der Waals surface area contributed by atoms with Crippen LogP contribution in [0.1, 0.15) is 92.6 Å². The average molecular weight is 735 g/mol. The van der Waals surface area contributed by atoms with E-state index in [2.05, 4.69) is 95.6 Å². The van der Waals surface area contributed by atoms with Crippen LogP contribution in [-0.2, 0) is 26.8 Å². The number of fused-ring (bicyclic) bond motifs is 1. The van der Waals surface area contributed by atoms with Crippen molar-refractivity contribution in [3.63, 3.8) is 0 Å². The van der Waals surface area contributed by atoms with Gasteiger partial charge in [0.25, 0.3) is 0 Å². The molecule has 1 aromatic carbocycles. The molecule has 1 saturated carbocycles. The molecule has 9 nitrogen and oxygen atoms in total. The quantitative estimate of drug-likeness (QED) is 0.120. The lowest BCUT2D eigenvalue weighted by Gasteiger charge is -2.46. The highest BCUT2D eigenvalue weighted by molar-refractivity contribution is 7.90. The van der Waals surface area contributed by atoms with Gasteiger partial charge in [0.05, 0.1) is 53.8 Å². The van der Waals surface area contributed by atoms with Crippen molar-refractivity contribution >= 4 is 38.9 Å². The lowest BCUT2D eigenvalue weighted by Crippen LogP contribution is -2.51. The van der Waals surface area contributed by atoms with Gasteiger partial charge in [-0.25, -0.2) is 14.6 Å². The highest BCUT2D eigenvalue weighted by atomic mass is 32.2. The summed E-state index contributed by atoms with van der Waals surface area (Å²) in [6.07, 6.45) is 7.48. The summed E-state index contributed by atoms with van der Waals surface area (Å²) in [4.78, 5) is 14.7. The Morgan fingerprint density at radius 2 is 1.58 bits per heavy atom. The molecule has 0 bridgehead atoms. The molecule has 272 valence electrons. The van der Waals surface area contributed by atoms with Crippen molar-refractivity contribution in [2.24, 2.45) is 5.92 Å². The molecule has 0 amide bonds. The first-order valence-electron chi connectivity index (χ1n) is 17.8. The molecule has 1 fully saturated rings. The second kappa shape index (κ2) is 14.2. The third-order valence-corrected chi connectivity index (χ3v) is 21.5.